The Labute approximate surface area is 119 Å². The fourth-order valence-electron chi connectivity index (χ4n) is 2.46. The van der Waals surface area contributed by atoms with Crippen molar-refractivity contribution in [2.24, 2.45) is 0 Å². The third kappa shape index (κ3) is 2.04. The summed E-state index contributed by atoms with van der Waals surface area (Å²) in [7, 11) is -0.422. The van der Waals surface area contributed by atoms with E-state index in [-0.39, 0.29) is 17.0 Å². The molecule has 1 heterocycles. The van der Waals surface area contributed by atoms with Crippen LogP contribution in [0.5, 0.6) is 0 Å². The van der Waals surface area contributed by atoms with Crippen LogP contribution in [0.2, 0.25) is 0 Å². The second-order valence-corrected chi connectivity index (χ2v) is 6.30. The lowest BCUT2D eigenvalue weighted by atomic mass is 9.76. The normalized spacial score (nSPS) is 20.6. The van der Waals surface area contributed by atoms with Crippen molar-refractivity contribution < 1.29 is 13.7 Å². The maximum Gasteiger partial charge on any atom is 0.495 e. The molecule has 2 nitrogen and oxygen atoms in total. The lowest BCUT2D eigenvalue weighted by Crippen LogP contribution is -2.41. The summed E-state index contributed by atoms with van der Waals surface area (Å²) in [6.07, 6.45) is 0. The van der Waals surface area contributed by atoms with E-state index in [1.165, 1.54) is 12.1 Å². The molecule has 104 valence electrons. The van der Waals surface area contributed by atoms with E-state index in [9.17, 15) is 4.39 Å². The minimum atomic E-state index is -0.422. The second kappa shape index (κ2) is 4.30. The number of fused-ring (bicyclic) bond motifs is 1. The van der Waals surface area contributed by atoms with Crippen molar-refractivity contribution >= 4 is 23.4 Å². The molecule has 0 saturated carbocycles. The third-order valence-electron chi connectivity index (χ3n) is 4.38. The van der Waals surface area contributed by atoms with Crippen LogP contribution in [0.15, 0.2) is 36.4 Å². The van der Waals surface area contributed by atoms with Crippen LogP contribution >= 0.6 is 0 Å². The van der Waals surface area contributed by atoms with Crippen molar-refractivity contribution in [2.45, 2.75) is 38.9 Å². The Morgan fingerprint density at radius 3 is 2.25 bits per heavy atom. The number of halogens is 1. The second-order valence-electron chi connectivity index (χ2n) is 6.30. The summed E-state index contributed by atoms with van der Waals surface area (Å²) in [5.41, 5.74) is 0.195. The molecule has 0 aromatic heterocycles. The van der Waals surface area contributed by atoms with Gasteiger partial charge in [-0.25, -0.2) is 4.39 Å². The summed E-state index contributed by atoms with van der Waals surface area (Å²) in [6.45, 7) is 8.10. The zero-order valence-corrected chi connectivity index (χ0v) is 12.2. The van der Waals surface area contributed by atoms with Crippen LogP contribution < -0.4 is 5.46 Å². The van der Waals surface area contributed by atoms with Crippen LogP contribution in [0.3, 0.4) is 0 Å². The summed E-state index contributed by atoms with van der Waals surface area (Å²) in [4.78, 5) is 0. The minimum absolute atomic E-state index is 0.233. The Balaban J connectivity index is 2.08. The molecule has 0 N–H and O–H groups in total. The first-order valence-electron chi connectivity index (χ1n) is 6.84. The molecule has 3 rings (SSSR count). The van der Waals surface area contributed by atoms with Gasteiger partial charge < -0.3 is 9.31 Å². The first-order valence-corrected chi connectivity index (χ1v) is 6.84. The maximum absolute atomic E-state index is 13.3. The third-order valence-corrected chi connectivity index (χ3v) is 4.38. The summed E-state index contributed by atoms with van der Waals surface area (Å²) in [5.74, 6) is -0.233. The highest BCUT2D eigenvalue weighted by Crippen LogP contribution is 2.37. The quantitative estimate of drug-likeness (QED) is 0.742. The molecule has 2 aromatic rings. The first-order chi connectivity index (χ1) is 9.30. The molecule has 0 bridgehead atoms. The van der Waals surface area contributed by atoms with Gasteiger partial charge in [0, 0.05) is 0 Å². The fraction of sp³-hybridized carbons (Fsp3) is 0.375. The van der Waals surface area contributed by atoms with E-state index in [1.54, 1.807) is 6.07 Å². The van der Waals surface area contributed by atoms with Gasteiger partial charge in [0.05, 0.1) is 11.2 Å². The van der Waals surface area contributed by atoms with E-state index in [4.69, 9.17) is 9.31 Å². The topological polar surface area (TPSA) is 18.5 Å². The van der Waals surface area contributed by atoms with Crippen LogP contribution in [0.25, 0.3) is 10.8 Å². The lowest BCUT2D eigenvalue weighted by Gasteiger charge is -2.32. The van der Waals surface area contributed by atoms with Gasteiger partial charge in [-0.1, -0.05) is 24.3 Å². The molecule has 1 aliphatic rings. The molecule has 0 radical (unpaired) electrons. The summed E-state index contributed by atoms with van der Waals surface area (Å²) >= 11 is 0. The van der Waals surface area contributed by atoms with Gasteiger partial charge in [-0.3, -0.25) is 0 Å². The van der Waals surface area contributed by atoms with E-state index < -0.39 is 7.12 Å². The first kappa shape index (κ1) is 13.6. The average Bonchev–Trinajstić information content (AvgIpc) is 2.57. The van der Waals surface area contributed by atoms with Crippen LogP contribution in [0.1, 0.15) is 27.7 Å². The van der Waals surface area contributed by atoms with Crippen LogP contribution in [-0.4, -0.2) is 18.3 Å². The Morgan fingerprint density at radius 1 is 0.950 bits per heavy atom. The fourth-order valence-corrected chi connectivity index (χ4v) is 2.46. The molecule has 1 saturated heterocycles. The van der Waals surface area contributed by atoms with E-state index in [0.717, 1.165) is 16.2 Å². The van der Waals surface area contributed by atoms with Gasteiger partial charge in [0.2, 0.25) is 0 Å². The summed E-state index contributed by atoms with van der Waals surface area (Å²) in [5, 5.41) is 1.82. The van der Waals surface area contributed by atoms with Gasteiger partial charge in [-0.2, -0.15) is 0 Å². The number of benzene rings is 2. The van der Waals surface area contributed by atoms with E-state index in [2.05, 4.69) is 0 Å². The van der Waals surface area contributed by atoms with Crippen molar-refractivity contribution in [3.63, 3.8) is 0 Å². The van der Waals surface area contributed by atoms with Gasteiger partial charge >= 0.3 is 7.12 Å². The molecular weight excluding hydrogens is 254 g/mol. The Kier molecular flexibility index (Phi) is 2.92. The zero-order chi connectivity index (χ0) is 14.5. The molecule has 2 aromatic carbocycles. The van der Waals surface area contributed by atoms with Crippen molar-refractivity contribution in [1.29, 1.82) is 0 Å². The number of rotatable bonds is 1. The van der Waals surface area contributed by atoms with Crippen LogP contribution in [0, 0.1) is 5.82 Å². The molecule has 0 atom stereocenters. The van der Waals surface area contributed by atoms with Crippen molar-refractivity contribution in [3.05, 3.63) is 42.2 Å². The van der Waals surface area contributed by atoms with Gasteiger partial charge in [0.1, 0.15) is 5.82 Å². The predicted molar refractivity (Wildman–Crippen MR) is 79.6 cm³/mol. The van der Waals surface area contributed by atoms with Crippen molar-refractivity contribution in [2.75, 3.05) is 0 Å². The summed E-state index contributed by atoms with van der Waals surface area (Å²) in [6, 6.07) is 10.6. The predicted octanol–water partition coefficient (Wildman–Crippen LogP) is 3.28. The van der Waals surface area contributed by atoms with Gasteiger partial charge in [-0.15, -0.1) is 0 Å². The average molecular weight is 272 g/mol. The molecule has 0 spiro atoms. The highest BCUT2D eigenvalue weighted by atomic mass is 19.1. The smallest absolute Gasteiger partial charge is 0.399 e. The molecule has 20 heavy (non-hydrogen) atoms. The minimum Gasteiger partial charge on any atom is -0.399 e. The number of hydrogen-bond acceptors (Lipinski definition) is 2. The summed E-state index contributed by atoms with van der Waals surface area (Å²) < 4.78 is 25.5. The highest BCUT2D eigenvalue weighted by Gasteiger charge is 2.52. The van der Waals surface area contributed by atoms with E-state index in [0.29, 0.717) is 0 Å². The molecule has 1 fully saturated rings. The molecule has 0 amide bonds. The van der Waals surface area contributed by atoms with Gasteiger partial charge in [-0.05, 0) is 56.1 Å². The Hall–Kier alpha value is -1.39. The van der Waals surface area contributed by atoms with Gasteiger partial charge in [0.15, 0.2) is 0 Å². The highest BCUT2D eigenvalue weighted by molar-refractivity contribution is 6.65. The SMILES string of the molecule is CC1(C)OB(c2cccc3cc(F)ccc23)OC1(C)C. The van der Waals surface area contributed by atoms with E-state index >= 15 is 0 Å². The van der Waals surface area contributed by atoms with Gasteiger partial charge in [0.25, 0.3) is 0 Å². The van der Waals surface area contributed by atoms with Crippen LogP contribution in [0.4, 0.5) is 4.39 Å². The Morgan fingerprint density at radius 2 is 1.60 bits per heavy atom. The molecular formula is C16H18BFO2. The largest absolute Gasteiger partial charge is 0.495 e. The molecule has 4 heteroatoms. The molecule has 0 aliphatic carbocycles. The monoisotopic (exact) mass is 272 g/mol. The molecule has 0 unspecified atom stereocenters. The zero-order valence-electron chi connectivity index (χ0n) is 12.2. The standard InChI is InChI=1S/C16H18BFO2/c1-15(2)16(3,4)20-17(19-15)14-7-5-6-11-10-12(18)8-9-13(11)14/h5-10H,1-4H3. The maximum atomic E-state index is 13.3. The van der Waals surface area contributed by atoms with Crippen molar-refractivity contribution in [1.82, 2.24) is 0 Å². The lowest BCUT2D eigenvalue weighted by molar-refractivity contribution is 0.00578. The van der Waals surface area contributed by atoms with Crippen molar-refractivity contribution in [3.8, 4) is 0 Å². The Bertz CT molecular complexity index is 651. The molecule has 1 aliphatic heterocycles. The van der Waals surface area contributed by atoms with E-state index in [1.807, 2.05) is 45.9 Å². The van der Waals surface area contributed by atoms with Crippen LogP contribution in [-0.2, 0) is 9.31 Å². The number of hydrogen-bond donors (Lipinski definition) is 0.